The number of hydrogen-bond donors (Lipinski definition) is 2. The molecule has 0 bridgehead atoms. The number of rotatable bonds is 4. The van der Waals surface area contributed by atoms with E-state index in [2.05, 4.69) is 5.32 Å². The number of carbonyl (C=O) groups excluding carboxylic acids is 4. The predicted octanol–water partition coefficient (Wildman–Crippen LogP) is -0.756. The summed E-state index contributed by atoms with van der Waals surface area (Å²) < 4.78 is 0. The van der Waals surface area contributed by atoms with E-state index in [0.717, 1.165) is 32.1 Å². The Balaban J connectivity index is 1.59. The number of imide groups is 1. The Kier molecular flexibility index (Phi) is 4.43. The van der Waals surface area contributed by atoms with Crippen molar-refractivity contribution in [2.24, 2.45) is 11.8 Å². The Morgan fingerprint density at radius 1 is 1.13 bits per heavy atom. The largest absolute Gasteiger partial charge is 0.550 e. The number of anilines is 1. The number of nitrogens with two attached hydrogens (primary N) is 1. The lowest BCUT2D eigenvalue weighted by Crippen LogP contribution is -2.99. The molecule has 0 radical (unpaired) electrons. The molecule has 0 aromatic heterocycles. The summed E-state index contributed by atoms with van der Waals surface area (Å²) in [5.74, 6) is -3.54. The van der Waals surface area contributed by atoms with Gasteiger partial charge in [-0.25, -0.2) is 0 Å². The molecule has 5 rings (SSSR count). The molecule has 8 heteroatoms. The van der Waals surface area contributed by atoms with Gasteiger partial charge in [0.15, 0.2) is 0 Å². The summed E-state index contributed by atoms with van der Waals surface area (Å²) in [7, 11) is 0. The van der Waals surface area contributed by atoms with Crippen molar-refractivity contribution in [2.45, 2.75) is 62.6 Å². The number of aliphatic carboxylic acids is 1. The van der Waals surface area contributed by atoms with Crippen LogP contribution in [0.2, 0.25) is 0 Å². The highest BCUT2D eigenvalue weighted by atomic mass is 16.4. The average Bonchev–Trinajstić information content (AvgIpc) is 3.32. The van der Waals surface area contributed by atoms with Crippen molar-refractivity contribution in [3.8, 4) is 0 Å². The second kappa shape index (κ2) is 6.91. The quantitative estimate of drug-likeness (QED) is 0.631. The number of nitrogens with one attached hydrogen (secondary N) is 1. The van der Waals surface area contributed by atoms with Crippen molar-refractivity contribution < 1.29 is 29.6 Å². The van der Waals surface area contributed by atoms with Gasteiger partial charge in [-0.15, -0.1) is 0 Å². The number of amides is 3. The van der Waals surface area contributed by atoms with Gasteiger partial charge in [0.05, 0.1) is 5.69 Å². The van der Waals surface area contributed by atoms with Crippen molar-refractivity contribution in [1.82, 2.24) is 4.90 Å². The molecule has 3 aliphatic heterocycles. The summed E-state index contributed by atoms with van der Waals surface area (Å²) in [6, 6.07) is 6.66. The molecular weight excluding hydrogens is 386 g/mol. The number of benzene rings is 1. The summed E-state index contributed by atoms with van der Waals surface area (Å²) >= 11 is 0. The minimum atomic E-state index is -1.23. The second-order valence-corrected chi connectivity index (χ2v) is 8.95. The van der Waals surface area contributed by atoms with Gasteiger partial charge in [-0.05, 0) is 25.3 Å². The second-order valence-electron chi connectivity index (χ2n) is 8.95. The SMILES string of the molecule is O=C([O-])CC[C@@H]1[NH2+][C@]2(C(=O)Nc3ccccc32)[C@@H]2C(=O)N(C3CCCCC3)C(=O)[C@H]12. The highest BCUT2D eigenvalue weighted by molar-refractivity contribution is 6.14. The van der Waals surface area contributed by atoms with Gasteiger partial charge in [0.1, 0.15) is 17.9 Å². The van der Waals surface area contributed by atoms with Crippen LogP contribution in [0.3, 0.4) is 0 Å². The molecule has 1 aromatic rings. The Labute approximate surface area is 174 Å². The maximum atomic E-state index is 13.7. The van der Waals surface area contributed by atoms with Gasteiger partial charge in [-0.2, -0.15) is 0 Å². The van der Waals surface area contributed by atoms with Crippen LogP contribution in [0.25, 0.3) is 0 Å². The van der Waals surface area contributed by atoms with Crippen molar-refractivity contribution in [1.29, 1.82) is 0 Å². The standard InChI is InChI=1S/C22H25N3O5/c26-16(27)11-10-15-17-18(20(29)25(19(17)28)12-6-2-1-3-7-12)22(24-15)13-8-4-5-9-14(13)23-21(22)30/h4-5,8-9,12,15,17-18,24H,1-3,6-7,10-11H2,(H,23,30)(H,26,27)/t15-,17+,18-,22-/m0/s1. The van der Waals surface area contributed by atoms with Crippen LogP contribution in [0.1, 0.15) is 50.5 Å². The summed E-state index contributed by atoms with van der Waals surface area (Å²) in [4.78, 5) is 53.0. The number of nitrogens with zero attached hydrogens (tertiary/aromatic N) is 1. The Morgan fingerprint density at radius 2 is 1.87 bits per heavy atom. The van der Waals surface area contributed by atoms with E-state index >= 15 is 0 Å². The maximum Gasteiger partial charge on any atom is 0.291 e. The van der Waals surface area contributed by atoms with E-state index in [-0.39, 0.29) is 36.6 Å². The van der Waals surface area contributed by atoms with Gasteiger partial charge in [0.2, 0.25) is 17.4 Å². The topological polar surface area (TPSA) is 123 Å². The number of para-hydroxylation sites is 1. The molecule has 158 valence electrons. The maximum absolute atomic E-state index is 13.7. The van der Waals surface area contributed by atoms with Crippen LogP contribution in [-0.2, 0) is 24.7 Å². The summed E-state index contributed by atoms with van der Waals surface area (Å²) in [6.45, 7) is 0. The first-order valence-corrected chi connectivity index (χ1v) is 10.8. The number of likely N-dealkylation sites (tertiary alicyclic amines) is 1. The van der Waals surface area contributed by atoms with Crippen LogP contribution < -0.4 is 15.7 Å². The van der Waals surface area contributed by atoms with Gasteiger partial charge >= 0.3 is 0 Å². The lowest BCUT2D eigenvalue weighted by molar-refractivity contribution is -0.734. The Morgan fingerprint density at radius 3 is 2.60 bits per heavy atom. The van der Waals surface area contributed by atoms with Crippen LogP contribution in [0.5, 0.6) is 0 Å². The van der Waals surface area contributed by atoms with Gasteiger partial charge in [-0.1, -0.05) is 37.5 Å². The van der Waals surface area contributed by atoms with Crippen molar-refractivity contribution in [2.75, 3.05) is 5.32 Å². The lowest BCUT2D eigenvalue weighted by Gasteiger charge is -2.32. The zero-order valence-electron chi connectivity index (χ0n) is 16.6. The molecule has 0 unspecified atom stereocenters. The molecule has 3 fully saturated rings. The molecule has 4 atom stereocenters. The molecule has 1 aromatic carbocycles. The molecule has 4 aliphatic rings. The van der Waals surface area contributed by atoms with Crippen LogP contribution >= 0.6 is 0 Å². The molecule has 2 saturated heterocycles. The number of hydrogen-bond acceptors (Lipinski definition) is 5. The first-order chi connectivity index (χ1) is 14.4. The fourth-order valence-electron chi connectivity index (χ4n) is 6.19. The van der Waals surface area contributed by atoms with Crippen LogP contribution in [0, 0.1) is 11.8 Å². The van der Waals surface area contributed by atoms with Crippen molar-refractivity contribution in [3.63, 3.8) is 0 Å². The minimum Gasteiger partial charge on any atom is -0.550 e. The number of fused-ring (bicyclic) bond motifs is 4. The highest BCUT2D eigenvalue weighted by Gasteiger charge is 2.74. The van der Waals surface area contributed by atoms with E-state index in [1.165, 1.54) is 4.90 Å². The summed E-state index contributed by atoms with van der Waals surface area (Å²) in [5, 5.41) is 15.8. The van der Waals surface area contributed by atoms with E-state index in [0.29, 0.717) is 11.3 Å². The zero-order valence-corrected chi connectivity index (χ0v) is 16.6. The van der Waals surface area contributed by atoms with Crippen molar-refractivity contribution in [3.05, 3.63) is 29.8 Å². The predicted molar refractivity (Wildman–Crippen MR) is 102 cm³/mol. The van der Waals surface area contributed by atoms with E-state index in [1.807, 2.05) is 18.2 Å². The van der Waals surface area contributed by atoms with Gasteiger partial charge in [0.25, 0.3) is 5.91 Å². The summed E-state index contributed by atoms with van der Waals surface area (Å²) in [5.41, 5.74) is 0.121. The fraction of sp³-hybridized carbons (Fsp3) is 0.545. The third kappa shape index (κ3) is 2.56. The third-order valence-corrected chi connectivity index (χ3v) is 7.43. The smallest absolute Gasteiger partial charge is 0.291 e. The molecule has 3 amide bonds. The van der Waals surface area contributed by atoms with E-state index < -0.39 is 29.4 Å². The molecule has 1 saturated carbocycles. The Hall–Kier alpha value is -2.74. The number of quaternary nitrogens is 1. The normalized spacial score (nSPS) is 33.1. The third-order valence-electron chi connectivity index (χ3n) is 7.43. The first-order valence-electron chi connectivity index (χ1n) is 10.8. The fourth-order valence-corrected chi connectivity index (χ4v) is 6.19. The van der Waals surface area contributed by atoms with E-state index in [9.17, 15) is 24.3 Å². The van der Waals surface area contributed by atoms with E-state index in [4.69, 9.17) is 0 Å². The molecule has 1 spiro atoms. The van der Waals surface area contributed by atoms with Gasteiger partial charge in [-0.3, -0.25) is 19.3 Å². The molecule has 8 nitrogen and oxygen atoms in total. The zero-order chi connectivity index (χ0) is 21.0. The summed E-state index contributed by atoms with van der Waals surface area (Å²) in [6.07, 6.45) is 4.60. The number of carbonyl (C=O) groups is 4. The molecule has 3 N–H and O–H groups in total. The number of carboxylic acids is 1. The lowest BCUT2D eigenvalue weighted by atomic mass is 9.76. The Bertz CT molecular complexity index is 940. The van der Waals surface area contributed by atoms with Gasteiger partial charge in [0, 0.05) is 24.0 Å². The minimum absolute atomic E-state index is 0.122. The molecule has 30 heavy (non-hydrogen) atoms. The van der Waals surface area contributed by atoms with E-state index in [1.54, 1.807) is 11.4 Å². The molecule has 3 heterocycles. The van der Waals surface area contributed by atoms with Gasteiger partial charge < -0.3 is 20.5 Å². The number of carboxylic acid groups (broad SMARTS) is 1. The van der Waals surface area contributed by atoms with Crippen LogP contribution in [-0.4, -0.2) is 40.7 Å². The highest BCUT2D eigenvalue weighted by Crippen LogP contribution is 2.50. The molecular formula is C22H25N3O5. The monoisotopic (exact) mass is 411 g/mol. The van der Waals surface area contributed by atoms with Crippen LogP contribution in [0.4, 0.5) is 5.69 Å². The first kappa shape index (κ1) is 19.2. The van der Waals surface area contributed by atoms with Crippen LogP contribution in [0.15, 0.2) is 24.3 Å². The molecule has 1 aliphatic carbocycles. The average molecular weight is 411 g/mol. The van der Waals surface area contributed by atoms with Crippen molar-refractivity contribution >= 4 is 29.4 Å².